The molecule has 29 heavy (non-hydrogen) atoms. The maximum atomic E-state index is 9.88. The number of ether oxygens (including phenoxy) is 1. The highest BCUT2D eigenvalue weighted by atomic mass is 16.5. The van der Waals surface area contributed by atoms with Crippen LogP contribution in [-0.2, 0) is 12.0 Å². The highest BCUT2D eigenvalue weighted by Crippen LogP contribution is 2.41. The molecule has 1 saturated carbocycles. The topological polar surface area (TPSA) is 57.1 Å². The highest BCUT2D eigenvalue weighted by Gasteiger charge is 2.36. The average molecular weight is 390 g/mol. The number of nitrogens with one attached hydrogen (secondary N) is 2. The van der Waals surface area contributed by atoms with Crippen molar-refractivity contribution in [1.82, 2.24) is 10.6 Å². The van der Waals surface area contributed by atoms with E-state index < -0.39 is 0 Å². The first kappa shape index (κ1) is 19.9. The standard InChI is InChI=1S/C25H31N3O/c1-29-23-12-11-21(25(18-26)13-5-6-14-25)16-20(23)17-28-22-10-7-15-27-24(22)19-8-3-2-4-9-19/h2-4,8-9,11-12,16,22,24,27-28H,5-7,10,13-15,17H2,1H3/t22-,24-/m0/s1. The first-order valence-electron chi connectivity index (χ1n) is 10.9. The first-order chi connectivity index (χ1) is 14.3. The smallest absolute Gasteiger partial charge is 0.123 e. The van der Waals surface area contributed by atoms with Crippen molar-refractivity contribution in [3.05, 3.63) is 65.2 Å². The summed E-state index contributed by atoms with van der Waals surface area (Å²) in [5.41, 5.74) is 3.31. The molecule has 2 aromatic carbocycles. The Bertz CT molecular complexity index is 852. The molecule has 2 aromatic rings. The number of nitrogens with zero attached hydrogens (tertiary/aromatic N) is 1. The second-order valence-corrected chi connectivity index (χ2v) is 8.40. The zero-order chi connectivity index (χ0) is 20.1. The average Bonchev–Trinajstić information content (AvgIpc) is 3.29. The van der Waals surface area contributed by atoms with Gasteiger partial charge >= 0.3 is 0 Å². The van der Waals surface area contributed by atoms with Crippen LogP contribution in [0.15, 0.2) is 48.5 Å². The van der Waals surface area contributed by atoms with Gasteiger partial charge < -0.3 is 15.4 Å². The lowest BCUT2D eigenvalue weighted by Gasteiger charge is -2.34. The van der Waals surface area contributed by atoms with E-state index in [1.807, 2.05) is 6.07 Å². The van der Waals surface area contributed by atoms with Crippen LogP contribution in [-0.4, -0.2) is 19.7 Å². The summed E-state index contributed by atoms with van der Waals surface area (Å²) in [7, 11) is 1.73. The summed E-state index contributed by atoms with van der Waals surface area (Å²) in [5, 5.41) is 17.3. The third-order valence-corrected chi connectivity index (χ3v) is 6.68. The molecule has 2 atom stereocenters. The van der Waals surface area contributed by atoms with Gasteiger partial charge in [-0.1, -0.05) is 49.2 Å². The van der Waals surface area contributed by atoms with Crippen molar-refractivity contribution in [1.29, 1.82) is 5.26 Å². The van der Waals surface area contributed by atoms with Crippen LogP contribution in [0.25, 0.3) is 0 Å². The number of piperidine rings is 1. The Morgan fingerprint density at radius 1 is 1.14 bits per heavy atom. The molecular formula is C25H31N3O. The quantitative estimate of drug-likeness (QED) is 0.757. The van der Waals surface area contributed by atoms with Crippen molar-refractivity contribution in [3.8, 4) is 11.8 Å². The van der Waals surface area contributed by atoms with Crippen LogP contribution in [0.3, 0.4) is 0 Å². The lowest BCUT2D eigenvalue weighted by molar-refractivity contribution is 0.302. The van der Waals surface area contributed by atoms with E-state index in [9.17, 15) is 5.26 Å². The third-order valence-electron chi connectivity index (χ3n) is 6.68. The van der Waals surface area contributed by atoms with E-state index in [2.05, 4.69) is 59.2 Å². The number of hydrogen-bond donors (Lipinski definition) is 2. The molecule has 2 aliphatic rings. The molecular weight excluding hydrogens is 358 g/mol. The highest BCUT2D eigenvalue weighted by molar-refractivity contribution is 5.43. The van der Waals surface area contributed by atoms with Crippen LogP contribution in [0.4, 0.5) is 0 Å². The van der Waals surface area contributed by atoms with E-state index in [0.717, 1.165) is 62.1 Å². The second kappa shape index (κ2) is 8.98. The summed E-state index contributed by atoms with van der Waals surface area (Å²) in [5.74, 6) is 0.896. The normalized spacial score (nSPS) is 23.4. The zero-order valence-corrected chi connectivity index (χ0v) is 17.3. The maximum Gasteiger partial charge on any atom is 0.123 e. The van der Waals surface area contributed by atoms with E-state index in [-0.39, 0.29) is 5.41 Å². The van der Waals surface area contributed by atoms with Gasteiger partial charge in [0.1, 0.15) is 5.75 Å². The van der Waals surface area contributed by atoms with Crippen LogP contribution in [0.2, 0.25) is 0 Å². The lowest BCUT2D eigenvalue weighted by Crippen LogP contribution is -2.45. The minimum absolute atomic E-state index is 0.319. The van der Waals surface area contributed by atoms with E-state index in [4.69, 9.17) is 4.74 Å². The fraction of sp³-hybridized carbons (Fsp3) is 0.480. The van der Waals surface area contributed by atoms with Crippen molar-refractivity contribution in [2.75, 3.05) is 13.7 Å². The fourth-order valence-corrected chi connectivity index (χ4v) is 5.02. The van der Waals surface area contributed by atoms with Gasteiger partial charge in [0.2, 0.25) is 0 Å². The van der Waals surface area contributed by atoms with E-state index in [1.165, 1.54) is 12.0 Å². The SMILES string of the molecule is COc1ccc(C2(C#N)CCCC2)cc1CN[C@H]1CCCN[C@H]1c1ccccc1. The van der Waals surface area contributed by atoms with Crippen molar-refractivity contribution in [2.24, 2.45) is 0 Å². The van der Waals surface area contributed by atoms with Crippen LogP contribution < -0.4 is 15.4 Å². The Labute approximate surface area is 174 Å². The molecule has 1 heterocycles. The molecule has 0 radical (unpaired) electrons. The summed E-state index contributed by atoms with van der Waals surface area (Å²) in [4.78, 5) is 0. The van der Waals surface area contributed by atoms with Gasteiger partial charge in [0, 0.05) is 24.2 Å². The van der Waals surface area contributed by atoms with Gasteiger partial charge in [-0.25, -0.2) is 0 Å². The third kappa shape index (κ3) is 4.17. The summed E-state index contributed by atoms with van der Waals surface area (Å²) >= 11 is 0. The van der Waals surface area contributed by atoms with Crippen molar-refractivity contribution >= 4 is 0 Å². The number of rotatable bonds is 6. The predicted octanol–water partition coefficient (Wildman–Crippen LogP) is 4.61. The van der Waals surface area contributed by atoms with Crippen LogP contribution in [0.5, 0.6) is 5.75 Å². The van der Waals surface area contributed by atoms with Crippen LogP contribution in [0, 0.1) is 11.3 Å². The largest absolute Gasteiger partial charge is 0.496 e. The fourth-order valence-electron chi connectivity index (χ4n) is 5.02. The monoisotopic (exact) mass is 389 g/mol. The Morgan fingerprint density at radius 3 is 2.66 bits per heavy atom. The molecule has 0 bridgehead atoms. The predicted molar refractivity (Wildman–Crippen MR) is 116 cm³/mol. The summed E-state index contributed by atoms with van der Waals surface area (Å²) in [6.07, 6.45) is 6.53. The molecule has 4 rings (SSSR count). The van der Waals surface area contributed by atoms with Crippen molar-refractivity contribution in [2.45, 2.75) is 62.6 Å². The summed E-state index contributed by atoms with van der Waals surface area (Å²) in [6.45, 7) is 1.80. The van der Waals surface area contributed by atoms with Gasteiger partial charge in [0.15, 0.2) is 0 Å². The Balaban J connectivity index is 1.54. The molecule has 2 N–H and O–H groups in total. The van der Waals surface area contributed by atoms with Crippen molar-refractivity contribution in [3.63, 3.8) is 0 Å². The molecule has 2 fully saturated rings. The molecule has 0 aromatic heterocycles. The minimum atomic E-state index is -0.319. The van der Waals surface area contributed by atoms with E-state index in [1.54, 1.807) is 7.11 Å². The van der Waals surface area contributed by atoms with Gasteiger partial charge in [-0.15, -0.1) is 0 Å². The lowest BCUT2D eigenvalue weighted by atomic mass is 9.79. The molecule has 4 nitrogen and oxygen atoms in total. The molecule has 0 spiro atoms. The van der Waals surface area contributed by atoms with Gasteiger partial charge in [-0.3, -0.25) is 0 Å². The van der Waals surface area contributed by atoms with Gasteiger partial charge in [-0.2, -0.15) is 5.26 Å². The van der Waals surface area contributed by atoms with E-state index >= 15 is 0 Å². The Hall–Kier alpha value is -2.35. The van der Waals surface area contributed by atoms with Gasteiger partial charge in [0.25, 0.3) is 0 Å². The molecule has 1 aliphatic carbocycles. The molecule has 152 valence electrons. The van der Waals surface area contributed by atoms with Crippen molar-refractivity contribution < 1.29 is 4.74 Å². The zero-order valence-electron chi connectivity index (χ0n) is 17.3. The number of methoxy groups -OCH3 is 1. The second-order valence-electron chi connectivity index (χ2n) is 8.40. The maximum absolute atomic E-state index is 9.88. The minimum Gasteiger partial charge on any atom is -0.496 e. The van der Waals surface area contributed by atoms with Gasteiger partial charge in [-0.05, 0) is 55.5 Å². The molecule has 0 unspecified atom stereocenters. The molecule has 0 amide bonds. The number of benzene rings is 2. The summed E-state index contributed by atoms with van der Waals surface area (Å²) in [6, 6.07) is 20.3. The van der Waals surface area contributed by atoms with E-state index in [0.29, 0.717) is 12.1 Å². The van der Waals surface area contributed by atoms with Crippen LogP contribution in [0.1, 0.15) is 61.3 Å². The van der Waals surface area contributed by atoms with Crippen LogP contribution >= 0.6 is 0 Å². The molecule has 4 heteroatoms. The number of hydrogen-bond acceptors (Lipinski definition) is 4. The Morgan fingerprint density at radius 2 is 1.93 bits per heavy atom. The Kier molecular flexibility index (Phi) is 6.18. The van der Waals surface area contributed by atoms with Gasteiger partial charge in [0.05, 0.1) is 18.6 Å². The first-order valence-corrected chi connectivity index (χ1v) is 10.9. The number of nitriles is 1. The molecule has 1 saturated heterocycles. The molecule has 1 aliphatic heterocycles. The summed E-state index contributed by atoms with van der Waals surface area (Å²) < 4.78 is 5.64.